The van der Waals surface area contributed by atoms with E-state index in [0.29, 0.717) is 0 Å². The molecule has 5 heteroatoms. The third-order valence-corrected chi connectivity index (χ3v) is 1.26. The van der Waals surface area contributed by atoms with Crippen LogP contribution in [0.25, 0.3) is 0 Å². The first kappa shape index (κ1) is 19.9. The van der Waals surface area contributed by atoms with Crippen LogP contribution in [-0.4, -0.2) is 18.0 Å². The number of carbonyl (C=O) groups excluding carboxylic acids is 1. The number of Topliss-reactive ketones (excluding diaryl/α,β-unsaturated/α-hetero) is 1. The van der Waals surface area contributed by atoms with Gasteiger partial charge in [0.25, 0.3) is 0 Å². The zero-order chi connectivity index (χ0) is 13.1. The maximum Gasteiger partial charge on any atom is 0.389 e. The van der Waals surface area contributed by atoms with Gasteiger partial charge in [-0.3, -0.25) is 4.79 Å². The first-order chi connectivity index (χ1) is 6.83. The molecule has 0 aliphatic heterocycles. The van der Waals surface area contributed by atoms with Gasteiger partial charge in [-0.1, -0.05) is 27.7 Å². The van der Waals surface area contributed by atoms with Crippen LogP contribution in [0.5, 0.6) is 0 Å². The monoisotopic (exact) mass is 229 g/mol. The van der Waals surface area contributed by atoms with Crippen molar-refractivity contribution < 1.29 is 18.0 Å². The van der Waals surface area contributed by atoms with Gasteiger partial charge in [-0.2, -0.15) is 13.2 Å². The van der Waals surface area contributed by atoms with Crippen molar-refractivity contribution in [2.75, 3.05) is 0 Å². The number of hydrogen-bond acceptors (Lipinski definition) is 2. The average Bonchev–Trinajstić information content (AvgIpc) is 2.19. The first-order valence-corrected chi connectivity index (χ1v) is 5.15. The van der Waals surface area contributed by atoms with Gasteiger partial charge in [0.15, 0.2) is 0 Å². The Morgan fingerprint density at radius 1 is 1.20 bits per heavy atom. The Kier molecular flexibility index (Phi) is 15.3. The van der Waals surface area contributed by atoms with E-state index in [2.05, 4.69) is 0 Å². The third kappa shape index (κ3) is 19.7. The summed E-state index contributed by atoms with van der Waals surface area (Å²) in [5.74, 6) is -0.408. The van der Waals surface area contributed by atoms with Gasteiger partial charge in [0.2, 0.25) is 0 Å². The number of carbonyl (C=O) groups is 1. The van der Waals surface area contributed by atoms with Gasteiger partial charge in [-0.25, -0.2) is 0 Å². The zero-order valence-corrected chi connectivity index (χ0v) is 10.1. The van der Waals surface area contributed by atoms with Crippen LogP contribution in [0.1, 0.15) is 47.5 Å². The Morgan fingerprint density at radius 2 is 1.53 bits per heavy atom. The highest BCUT2D eigenvalue weighted by molar-refractivity contribution is 5.81. The maximum absolute atomic E-state index is 11.5. The summed E-state index contributed by atoms with van der Waals surface area (Å²) >= 11 is 0. The van der Waals surface area contributed by atoms with Gasteiger partial charge < -0.3 is 5.73 Å². The topological polar surface area (TPSA) is 43.1 Å². The fraction of sp³-hybridized carbons (Fsp3) is 0.900. The minimum Gasteiger partial charge on any atom is -0.322 e. The predicted molar refractivity (Wildman–Crippen MR) is 56.6 cm³/mol. The van der Waals surface area contributed by atoms with Crippen molar-refractivity contribution in [3.63, 3.8) is 0 Å². The molecule has 0 rings (SSSR count). The minimum absolute atomic E-state index is 0.321. The fourth-order valence-corrected chi connectivity index (χ4v) is 0.522. The molecule has 0 aliphatic carbocycles. The van der Waals surface area contributed by atoms with Crippen molar-refractivity contribution in [3.8, 4) is 0 Å². The van der Waals surface area contributed by atoms with Gasteiger partial charge in [0.05, 0.1) is 6.04 Å². The lowest BCUT2D eigenvalue weighted by Crippen LogP contribution is -2.29. The molecule has 0 fully saturated rings. The Balaban J connectivity index is -0.000000318. The average molecular weight is 229 g/mol. The lowest BCUT2D eigenvalue weighted by Gasteiger charge is -2.09. The van der Waals surface area contributed by atoms with E-state index >= 15 is 0 Å². The lowest BCUT2D eigenvalue weighted by atomic mass is 10.1. The normalized spacial score (nSPS) is 11.5. The molecular formula is C10H22F3NO. The van der Waals surface area contributed by atoms with Crippen LogP contribution >= 0.6 is 0 Å². The summed E-state index contributed by atoms with van der Waals surface area (Å²) in [6, 6.07) is -0.975. The van der Waals surface area contributed by atoms with E-state index in [1.165, 1.54) is 6.92 Å². The molecule has 0 spiro atoms. The molecule has 0 amide bonds. The maximum atomic E-state index is 11.5. The van der Waals surface area contributed by atoms with Crippen molar-refractivity contribution >= 4 is 5.78 Å². The smallest absolute Gasteiger partial charge is 0.322 e. The second kappa shape index (κ2) is 11.5. The fourth-order valence-electron chi connectivity index (χ4n) is 0.522. The van der Waals surface area contributed by atoms with Crippen molar-refractivity contribution in [2.24, 2.45) is 5.73 Å². The number of ketones is 1. The molecule has 0 aromatic rings. The Morgan fingerprint density at radius 3 is 1.73 bits per heavy atom. The predicted octanol–water partition coefficient (Wildman–Crippen LogP) is 3.30. The van der Waals surface area contributed by atoms with E-state index in [9.17, 15) is 18.0 Å². The molecule has 0 radical (unpaired) electrons. The van der Waals surface area contributed by atoms with Gasteiger partial charge in [0.1, 0.15) is 5.78 Å². The van der Waals surface area contributed by atoms with Crippen LogP contribution in [0.2, 0.25) is 0 Å². The first-order valence-electron chi connectivity index (χ1n) is 5.15. The Labute approximate surface area is 90.0 Å². The molecule has 1 atom stereocenters. The van der Waals surface area contributed by atoms with Crippen molar-refractivity contribution in [1.29, 1.82) is 0 Å². The number of halogens is 3. The van der Waals surface area contributed by atoms with Crippen LogP contribution in [-0.2, 0) is 4.79 Å². The number of alkyl halides is 3. The van der Waals surface area contributed by atoms with Gasteiger partial charge in [0, 0.05) is 6.42 Å². The van der Waals surface area contributed by atoms with Gasteiger partial charge >= 0.3 is 6.18 Å². The summed E-state index contributed by atoms with van der Waals surface area (Å²) in [4.78, 5) is 10.4. The van der Waals surface area contributed by atoms with E-state index in [-0.39, 0.29) is 6.42 Å². The largest absolute Gasteiger partial charge is 0.389 e. The summed E-state index contributed by atoms with van der Waals surface area (Å²) in [6.45, 7) is 9.18. The lowest BCUT2D eigenvalue weighted by molar-refractivity contribution is -0.137. The highest BCUT2D eigenvalue weighted by Crippen LogP contribution is 2.21. The van der Waals surface area contributed by atoms with Crippen LogP contribution < -0.4 is 5.73 Å². The molecule has 0 heterocycles. The quantitative estimate of drug-likeness (QED) is 0.806. The molecule has 2 nitrogen and oxygen atoms in total. The van der Waals surface area contributed by atoms with Crippen LogP contribution in [0.4, 0.5) is 13.2 Å². The standard InChI is InChI=1S/C6H10F3NO.2C2H6/c1-4(11)5(10)2-3-6(7,8)9;2*1-2/h5H,2-3,10H2,1H3;2*1-2H3. The molecule has 94 valence electrons. The Bertz CT molecular complexity index is 146. The molecule has 0 aromatic heterocycles. The zero-order valence-electron chi connectivity index (χ0n) is 10.1. The number of nitrogens with two attached hydrogens (primary N) is 1. The number of rotatable bonds is 3. The van der Waals surface area contributed by atoms with E-state index in [0.717, 1.165) is 0 Å². The van der Waals surface area contributed by atoms with Crippen molar-refractivity contribution in [3.05, 3.63) is 0 Å². The molecule has 0 bridgehead atoms. The highest BCUT2D eigenvalue weighted by atomic mass is 19.4. The summed E-state index contributed by atoms with van der Waals surface area (Å²) in [7, 11) is 0. The molecular weight excluding hydrogens is 207 g/mol. The summed E-state index contributed by atoms with van der Waals surface area (Å²) < 4.78 is 34.5. The van der Waals surface area contributed by atoms with Crippen LogP contribution in [0.15, 0.2) is 0 Å². The van der Waals surface area contributed by atoms with E-state index < -0.39 is 24.4 Å². The second-order valence-electron chi connectivity index (χ2n) is 2.37. The highest BCUT2D eigenvalue weighted by Gasteiger charge is 2.28. The summed E-state index contributed by atoms with van der Waals surface area (Å²) in [6.07, 6.45) is -5.53. The van der Waals surface area contributed by atoms with Crippen molar-refractivity contribution in [1.82, 2.24) is 0 Å². The summed E-state index contributed by atoms with van der Waals surface area (Å²) in [5, 5.41) is 0. The molecule has 0 aromatic carbocycles. The second-order valence-corrected chi connectivity index (χ2v) is 2.37. The van der Waals surface area contributed by atoms with Gasteiger partial charge in [-0.05, 0) is 13.3 Å². The van der Waals surface area contributed by atoms with Gasteiger partial charge in [-0.15, -0.1) is 0 Å². The molecule has 15 heavy (non-hydrogen) atoms. The SMILES string of the molecule is CC.CC.CC(=O)C(N)CCC(F)(F)F. The van der Waals surface area contributed by atoms with Crippen molar-refractivity contribution in [2.45, 2.75) is 59.7 Å². The molecule has 0 saturated heterocycles. The van der Waals surface area contributed by atoms with Crippen LogP contribution in [0, 0.1) is 0 Å². The van der Waals surface area contributed by atoms with E-state index in [1.54, 1.807) is 0 Å². The Hall–Kier alpha value is -0.580. The molecule has 2 N–H and O–H groups in total. The molecule has 0 aliphatic rings. The molecule has 0 saturated carbocycles. The summed E-state index contributed by atoms with van der Waals surface area (Å²) in [5.41, 5.74) is 5.07. The minimum atomic E-state index is -4.22. The number of hydrogen-bond donors (Lipinski definition) is 1. The van der Waals surface area contributed by atoms with E-state index in [1.807, 2.05) is 27.7 Å². The van der Waals surface area contributed by atoms with Crippen LogP contribution in [0.3, 0.4) is 0 Å². The third-order valence-electron chi connectivity index (χ3n) is 1.26. The molecule has 1 unspecified atom stereocenters. The van der Waals surface area contributed by atoms with E-state index in [4.69, 9.17) is 5.73 Å².